The molecule has 1 aliphatic rings. The molecule has 1 aromatic heterocycles. The van der Waals surface area contributed by atoms with Crippen molar-refractivity contribution in [3.8, 4) is 5.75 Å². The van der Waals surface area contributed by atoms with Crippen LogP contribution in [0.2, 0.25) is 0 Å². The van der Waals surface area contributed by atoms with Gasteiger partial charge in [0.25, 0.3) is 0 Å². The third-order valence-corrected chi connectivity index (χ3v) is 5.84. The predicted octanol–water partition coefficient (Wildman–Crippen LogP) is 4.84. The van der Waals surface area contributed by atoms with Crippen molar-refractivity contribution in [2.75, 3.05) is 0 Å². The van der Waals surface area contributed by atoms with Gasteiger partial charge in [0.1, 0.15) is 5.75 Å². The number of aromatic nitrogens is 1. The van der Waals surface area contributed by atoms with Crippen LogP contribution in [0.25, 0.3) is 0 Å². The molecule has 0 bridgehead atoms. The molecule has 0 aliphatic heterocycles. The number of aromatic hydroxyl groups is 1. The largest absolute Gasteiger partial charge is 0.506 e. The number of benzene rings is 1. The van der Waals surface area contributed by atoms with E-state index in [1.165, 1.54) is 36.0 Å². The summed E-state index contributed by atoms with van der Waals surface area (Å²) in [6, 6.07) is 5.84. The van der Waals surface area contributed by atoms with Crippen LogP contribution in [0.5, 0.6) is 5.75 Å². The molecule has 0 saturated heterocycles. The van der Waals surface area contributed by atoms with Gasteiger partial charge in [0.05, 0.1) is 12.3 Å². The first kappa shape index (κ1) is 17.9. The number of pyridine rings is 1. The summed E-state index contributed by atoms with van der Waals surface area (Å²) < 4.78 is 0. The van der Waals surface area contributed by atoms with E-state index in [1.807, 2.05) is 12.1 Å². The molecule has 25 heavy (non-hydrogen) atoms. The van der Waals surface area contributed by atoms with Crippen LogP contribution in [0.15, 0.2) is 18.2 Å². The minimum atomic E-state index is 0.0804. The summed E-state index contributed by atoms with van der Waals surface area (Å²) in [6.45, 7) is 6.38. The Hall–Kier alpha value is -1.87. The Morgan fingerprint density at radius 1 is 1.04 bits per heavy atom. The normalized spacial score (nSPS) is 15.5. The molecule has 0 amide bonds. The van der Waals surface area contributed by atoms with E-state index in [9.17, 15) is 10.2 Å². The topological polar surface area (TPSA) is 53.4 Å². The van der Waals surface area contributed by atoms with E-state index in [1.54, 1.807) is 0 Å². The van der Waals surface area contributed by atoms with E-state index in [-0.39, 0.29) is 6.61 Å². The van der Waals surface area contributed by atoms with Crippen LogP contribution in [0.4, 0.5) is 0 Å². The first-order valence-corrected chi connectivity index (χ1v) is 9.39. The van der Waals surface area contributed by atoms with Gasteiger partial charge >= 0.3 is 0 Å². The van der Waals surface area contributed by atoms with E-state index >= 15 is 0 Å². The molecule has 3 rings (SSSR count). The number of aliphatic hydroxyl groups is 1. The highest BCUT2D eigenvalue weighted by Gasteiger charge is 2.21. The standard InChI is InChI=1S/C22H29NO2/c1-14-11-18(13-24)15(2)16(3)20(14)12-19-9-10-21(25)22(23-19)17-7-5-4-6-8-17/h9-11,17,24-25H,4-8,12-13H2,1-3H3. The number of nitrogens with zero attached hydrogens (tertiary/aromatic N) is 1. The molecule has 0 radical (unpaired) electrons. The number of aryl methyl sites for hydroxylation is 1. The summed E-state index contributed by atoms with van der Waals surface area (Å²) >= 11 is 0. The smallest absolute Gasteiger partial charge is 0.137 e. The lowest BCUT2D eigenvalue weighted by molar-refractivity contribution is 0.281. The molecule has 2 aromatic rings. The molecule has 2 N–H and O–H groups in total. The number of aliphatic hydroxyl groups excluding tert-OH is 1. The van der Waals surface area contributed by atoms with Crippen molar-refractivity contribution >= 4 is 0 Å². The molecule has 134 valence electrons. The van der Waals surface area contributed by atoms with Gasteiger partial charge in [-0.05, 0) is 73.6 Å². The van der Waals surface area contributed by atoms with E-state index in [0.29, 0.717) is 11.7 Å². The Bertz CT molecular complexity index is 761. The fraction of sp³-hybridized carbons (Fsp3) is 0.500. The lowest BCUT2D eigenvalue weighted by atomic mass is 9.86. The van der Waals surface area contributed by atoms with Crippen LogP contribution in [-0.2, 0) is 13.0 Å². The van der Waals surface area contributed by atoms with Gasteiger partial charge in [-0.2, -0.15) is 0 Å². The number of rotatable bonds is 4. The Balaban J connectivity index is 1.92. The highest BCUT2D eigenvalue weighted by molar-refractivity contribution is 5.46. The minimum absolute atomic E-state index is 0.0804. The van der Waals surface area contributed by atoms with Gasteiger partial charge < -0.3 is 10.2 Å². The molecule has 0 spiro atoms. The highest BCUT2D eigenvalue weighted by Crippen LogP contribution is 2.36. The second-order valence-electron chi connectivity index (χ2n) is 7.46. The summed E-state index contributed by atoms with van der Waals surface area (Å²) in [7, 11) is 0. The summed E-state index contributed by atoms with van der Waals surface area (Å²) in [5.74, 6) is 0.741. The molecule has 1 aromatic carbocycles. The van der Waals surface area contributed by atoms with Gasteiger partial charge in [-0.1, -0.05) is 25.3 Å². The molecule has 1 fully saturated rings. The Labute approximate surface area is 150 Å². The van der Waals surface area contributed by atoms with Gasteiger partial charge in [-0.25, -0.2) is 0 Å². The molecule has 3 nitrogen and oxygen atoms in total. The summed E-state index contributed by atoms with van der Waals surface area (Å²) in [4.78, 5) is 4.85. The van der Waals surface area contributed by atoms with E-state index in [4.69, 9.17) is 4.98 Å². The van der Waals surface area contributed by atoms with E-state index in [2.05, 4.69) is 26.8 Å². The lowest BCUT2D eigenvalue weighted by Crippen LogP contribution is -2.09. The summed E-state index contributed by atoms with van der Waals surface area (Å²) in [6.07, 6.45) is 6.79. The fourth-order valence-electron chi connectivity index (χ4n) is 4.12. The monoisotopic (exact) mass is 339 g/mol. The quantitative estimate of drug-likeness (QED) is 0.838. The van der Waals surface area contributed by atoms with Crippen molar-refractivity contribution in [1.82, 2.24) is 4.98 Å². The molecule has 0 atom stereocenters. The average Bonchev–Trinajstić information content (AvgIpc) is 2.63. The second kappa shape index (κ2) is 7.57. The first-order chi connectivity index (χ1) is 12.0. The molecular formula is C22H29NO2. The first-order valence-electron chi connectivity index (χ1n) is 9.39. The SMILES string of the molecule is Cc1cc(CO)c(C)c(C)c1Cc1ccc(O)c(C2CCCCC2)n1. The van der Waals surface area contributed by atoms with Crippen LogP contribution in [0, 0.1) is 20.8 Å². The Kier molecular flexibility index (Phi) is 5.43. The van der Waals surface area contributed by atoms with Crippen molar-refractivity contribution < 1.29 is 10.2 Å². The van der Waals surface area contributed by atoms with Crippen molar-refractivity contribution in [1.29, 1.82) is 0 Å². The number of hydrogen-bond acceptors (Lipinski definition) is 3. The van der Waals surface area contributed by atoms with E-state index in [0.717, 1.165) is 41.8 Å². The van der Waals surface area contributed by atoms with Crippen LogP contribution >= 0.6 is 0 Å². The maximum atomic E-state index is 10.3. The number of hydrogen-bond donors (Lipinski definition) is 2. The summed E-state index contributed by atoms with van der Waals surface area (Å²) in [5.41, 5.74) is 7.77. The van der Waals surface area contributed by atoms with Gasteiger partial charge in [0.15, 0.2) is 0 Å². The zero-order chi connectivity index (χ0) is 18.0. The Morgan fingerprint density at radius 3 is 2.44 bits per heavy atom. The molecule has 3 heteroatoms. The van der Waals surface area contributed by atoms with Crippen LogP contribution in [-0.4, -0.2) is 15.2 Å². The van der Waals surface area contributed by atoms with Crippen LogP contribution in [0.1, 0.15) is 77.2 Å². The van der Waals surface area contributed by atoms with Crippen LogP contribution in [0.3, 0.4) is 0 Å². The summed E-state index contributed by atoms with van der Waals surface area (Å²) in [5, 5.41) is 19.8. The zero-order valence-corrected chi connectivity index (χ0v) is 15.6. The molecule has 0 unspecified atom stereocenters. The van der Waals surface area contributed by atoms with Crippen LogP contribution < -0.4 is 0 Å². The predicted molar refractivity (Wildman–Crippen MR) is 101 cm³/mol. The van der Waals surface area contributed by atoms with Crippen molar-refractivity contribution in [2.45, 2.75) is 71.8 Å². The fourth-order valence-corrected chi connectivity index (χ4v) is 4.12. The highest BCUT2D eigenvalue weighted by atomic mass is 16.3. The van der Waals surface area contributed by atoms with Crippen molar-refractivity contribution in [2.24, 2.45) is 0 Å². The lowest BCUT2D eigenvalue weighted by Gasteiger charge is -2.22. The second-order valence-corrected chi connectivity index (χ2v) is 7.46. The zero-order valence-electron chi connectivity index (χ0n) is 15.6. The van der Waals surface area contributed by atoms with Gasteiger partial charge in [0, 0.05) is 18.0 Å². The Morgan fingerprint density at radius 2 is 1.76 bits per heavy atom. The van der Waals surface area contributed by atoms with Gasteiger partial charge in [-0.15, -0.1) is 0 Å². The minimum Gasteiger partial charge on any atom is -0.506 e. The van der Waals surface area contributed by atoms with E-state index < -0.39 is 0 Å². The van der Waals surface area contributed by atoms with Gasteiger partial charge in [0.2, 0.25) is 0 Å². The maximum absolute atomic E-state index is 10.3. The molecule has 1 saturated carbocycles. The molecule has 1 aliphatic carbocycles. The molecular weight excluding hydrogens is 310 g/mol. The third kappa shape index (κ3) is 3.72. The van der Waals surface area contributed by atoms with Crippen molar-refractivity contribution in [3.63, 3.8) is 0 Å². The van der Waals surface area contributed by atoms with Gasteiger partial charge in [-0.3, -0.25) is 4.98 Å². The molecule has 1 heterocycles. The maximum Gasteiger partial charge on any atom is 0.137 e. The van der Waals surface area contributed by atoms with Crippen molar-refractivity contribution in [3.05, 3.63) is 57.4 Å². The third-order valence-electron chi connectivity index (χ3n) is 5.84. The average molecular weight is 339 g/mol.